The van der Waals surface area contributed by atoms with Crippen LogP contribution in [0.25, 0.3) is 0 Å². The van der Waals surface area contributed by atoms with Crippen LogP contribution in [0.3, 0.4) is 0 Å². The van der Waals surface area contributed by atoms with Crippen LogP contribution in [0.4, 0.5) is 4.39 Å². The van der Waals surface area contributed by atoms with Crippen LogP contribution >= 0.6 is 27.5 Å². The van der Waals surface area contributed by atoms with E-state index in [2.05, 4.69) is 21.2 Å². The zero-order valence-electron chi connectivity index (χ0n) is 10.3. The summed E-state index contributed by atoms with van der Waals surface area (Å²) in [7, 11) is 0. The molecule has 2 nitrogen and oxygen atoms in total. The lowest BCUT2D eigenvalue weighted by molar-refractivity contribution is -0.121. The van der Waals surface area contributed by atoms with Crippen molar-refractivity contribution >= 4 is 33.4 Å². The van der Waals surface area contributed by atoms with Crippen LogP contribution in [0, 0.1) is 5.82 Å². The average Bonchev–Trinajstić information content (AvgIpc) is 2.22. The van der Waals surface area contributed by atoms with Crippen LogP contribution in [0.5, 0.6) is 0 Å². The Labute approximate surface area is 120 Å². The molecule has 5 heteroatoms. The molecule has 0 saturated carbocycles. The van der Waals surface area contributed by atoms with Crippen LogP contribution < -0.4 is 5.32 Å². The van der Waals surface area contributed by atoms with E-state index in [-0.39, 0.29) is 29.0 Å². The maximum absolute atomic E-state index is 13.5. The van der Waals surface area contributed by atoms with Gasteiger partial charge in [0.05, 0.1) is 6.42 Å². The fourth-order valence-electron chi connectivity index (χ4n) is 1.73. The van der Waals surface area contributed by atoms with E-state index in [1.54, 1.807) is 6.07 Å². The summed E-state index contributed by atoms with van der Waals surface area (Å²) in [6, 6.07) is 4.45. The Hall–Kier alpha value is -0.610. The smallest absolute Gasteiger partial charge is 0.224 e. The first-order valence-corrected chi connectivity index (χ1v) is 7.05. The Morgan fingerprint density at radius 3 is 2.72 bits per heavy atom. The summed E-state index contributed by atoms with van der Waals surface area (Å²) in [4.78, 5) is 12.1. The van der Waals surface area contributed by atoms with E-state index in [9.17, 15) is 9.18 Å². The molecule has 0 bridgehead atoms. The molecule has 0 radical (unpaired) electrons. The molecule has 0 aliphatic heterocycles. The second-order valence-corrected chi connectivity index (χ2v) is 6.33. The van der Waals surface area contributed by atoms with Crippen molar-refractivity contribution in [3.05, 3.63) is 34.6 Å². The molecule has 1 amide bonds. The van der Waals surface area contributed by atoms with Crippen LogP contribution in [-0.4, -0.2) is 16.8 Å². The Balaban J connectivity index is 2.60. The predicted molar refractivity (Wildman–Crippen MR) is 75.7 cm³/mol. The SMILES string of the molecule is CC(Br)CC(C)NC(=O)Cc1c(F)cccc1Cl. The minimum absolute atomic E-state index is 0.0352. The van der Waals surface area contributed by atoms with Crippen molar-refractivity contribution in [2.24, 2.45) is 0 Å². The zero-order valence-corrected chi connectivity index (χ0v) is 12.7. The summed E-state index contributed by atoms with van der Waals surface area (Å²) in [5, 5.41) is 3.10. The third-order valence-corrected chi connectivity index (χ3v) is 3.21. The summed E-state index contributed by atoms with van der Waals surface area (Å²) in [6.45, 7) is 3.93. The molecule has 0 spiro atoms. The minimum atomic E-state index is -0.445. The Morgan fingerprint density at radius 1 is 1.50 bits per heavy atom. The van der Waals surface area contributed by atoms with Crippen molar-refractivity contribution in [2.75, 3.05) is 0 Å². The first-order chi connectivity index (χ1) is 8.40. The van der Waals surface area contributed by atoms with Gasteiger partial charge in [-0.2, -0.15) is 0 Å². The number of rotatable bonds is 5. The lowest BCUT2D eigenvalue weighted by Gasteiger charge is -2.15. The number of amides is 1. The fourth-order valence-corrected chi connectivity index (χ4v) is 2.52. The second kappa shape index (κ2) is 7.10. The van der Waals surface area contributed by atoms with E-state index in [4.69, 9.17) is 11.6 Å². The molecule has 0 fully saturated rings. The van der Waals surface area contributed by atoms with Gasteiger partial charge in [-0.25, -0.2) is 4.39 Å². The molecule has 2 unspecified atom stereocenters. The Morgan fingerprint density at radius 2 is 2.17 bits per heavy atom. The van der Waals surface area contributed by atoms with Crippen molar-refractivity contribution in [1.29, 1.82) is 0 Å². The predicted octanol–water partition coefficient (Wildman–Crippen LogP) is 3.70. The van der Waals surface area contributed by atoms with Crippen LogP contribution in [0.15, 0.2) is 18.2 Å². The van der Waals surface area contributed by atoms with Crippen molar-refractivity contribution in [2.45, 2.75) is 37.6 Å². The monoisotopic (exact) mass is 335 g/mol. The number of alkyl halides is 1. The molecule has 100 valence electrons. The minimum Gasteiger partial charge on any atom is -0.353 e. The van der Waals surface area contributed by atoms with Gasteiger partial charge in [-0.15, -0.1) is 0 Å². The van der Waals surface area contributed by atoms with E-state index in [0.717, 1.165) is 6.42 Å². The van der Waals surface area contributed by atoms with E-state index in [0.29, 0.717) is 4.83 Å². The molecule has 1 rings (SSSR count). The number of carbonyl (C=O) groups is 1. The zero-order chi connectivity index (χ0) is 13.7. The van der Waals surface area contributed by atoms with E-state index < -0.39 is 5.82 Å². The molecule has 1 aromatic carbocycles. The van der Waals surface area contributed by atoms with Crippen LogP contribution in [0.2, 0.25) is 5.02 Å². The molecule has 0 aliphatic carbocycles. The molecular weight excluding hydrogens is 321 g/mol. The summed E-state index contributed by atoms with van der Waals surface area (Å²) in [6.07, 6.45) is 0.781. The summed E-state index contributed by atoms with van der Waals surface area (Å²) < 4.78 is 13.5. The number of halogens is 3. The first kappa shape index (κ1) is 15.4. The van der Waals surface area contributed by atoms with E-state index in [1.807, 2.05) is 13.8 Å². The van der Waals surface area contributed by atoms with Gasteiger partial charge in [0, 0.05) is 21.5 Å². The lowest BCUT2D eigenvalue weighted by Crippen LogP contribution is -2.35. The number of hydrogen-bond acceptors (Lipinski definition) is 1. The molecule has 0 aromatic heterocycles. The molecule has 0 saturated heterocycles. The largest absolute Gasteiger partial charge is 0.353 e. The van der Waals surface area contributed by atoms with Gasteiger partial charge in [-0.1, -0.05) is 40.5 Å². The number of benzene rings is 1. The average molecular weight is 337 g/mol. The number of carbonyl (C=O) groups excluding carboxylic acids is 1. The van der Waals surface area contributed by atoms with Crippen LogP contribution in [0.1, 0.15) is 25.8 Å². The molecule has 18 heavy (non-hydrogen) atoms. The highest BCUT2D eigenvalue weighted by atomic mass is 79.9. The van der Waals surface area contributed by atoms with Crippen molar-refractivity contribution in [3.63, 3.8) is 0 Å². The first-order valence-electron chi connectivity index (χ1n) is 5.76. The molecule has 1 aromatic rings. The molecule has 0 heterocycles. The van der Waals surface area contributed by atoms with Gasteiger partial charge in [0.15, 0.2) is 0 Å². The number of hydrogen-bond donors (Lipinski definition) is 1. The van der Waals surface area contributed by atoms with Gasteiger partial charge >= 0.3 is 0 Å². The Bertz CT molecular complexity index is 405. The highest BCUT2D eigenvalue weighted by molar-refractivity contribution is 9.09. The van der Waals surface area contributed by atoms with Gasteiger partial charge in [0.1, 0.15) is 5.82 Å². The number of nitrogens with one attached hydrogen (secondary N) is 1. The van der Waals surface area contributed by atoms with Gasteiger partial charge in [0.25, 0.3) is 0 Å². The topological polar surface area (TPSA) is 29.1 Å². The highest BCUT2D eigenvalue weighted by Gasteiger charge is 2.14. The summed E-state index contributed by atoms with van der Waals surface area (Å²) in [5.74, 6) is -0.665. The maximum atomic E-state index is 13.5. The summed E-state index contributed by atoms with van der Waals surface area (Å²) >= 11 is 9.29. The molecule has 1 N–H and O–H groups in total. The fraction of sp³-hybridized carbons (Fsp3) is 0.462. The Kier molecular flexibility index (Phi) is 6.09. The molecular formula is C13H16BrClFNO. The molecule has 0 aliphatic rings. The van der Waals surface area contributed by atoms with Crippen molar-refractivity contribution in [1.82, 2.24) is 5.32 Å². The van der Waals surface area contributed by atoms with Crippen molar-refractivity contribution < 1.29 is 9.18 Å². The van der Waals surface area contributed by atoms with E-state index >= 15 is 0 Å². The highest BCUT2D eigenvalue weighted by Crippen LogP contribution is 2.19. The second-order valence-electron chi connectivity index (χ2n) is 4.36. The van der Waals surface area contributed by atoms with Crippen LogP contribution in [-0.2, 0) is 11.2 Å². The maximum Gasteiger partial charge on any atom is 0.224 e. The third-order valence-electron chi connectivity index (χ3n) is 2.48. The lowest BCUT2D eigenvalue weighted by atomic mass is 10.1. The van der Waals surface area contributed by atoms with Crippen molar-refractivity contribution in [3.8, 4) is 0 Å². The normalized spacial score (nSPS) is 14.1. The van der Waals surface area contributed by atoms with Gasteiger partial charge in [-0.05, 0) is 25.5 Å². The van der Waals surface area contributed by atoms with E-state index in [1.165, 1.54) is 12.1 Å². The summed E-state index contributed by atoms with van der Waals surface area (Å²) in [5.41, 5.74) is 0.246. The standard InChI is InChI=1S/C13H16BrClFNO/c1-8(14)6-9(2)17-13(18)7-10-11(15)4-3-5-12(10)16/h3-5,8-9H,6-7H2,1-2H3,(H,17,18). The molecule has 2 atom stereocenters. The van der Waals surface area contributed by atoms with Gasteiger partial charge in [-0.3, -0.25) is 4.79 Å². The third kappa shape index (κ3) is 4.94. The van der Waals surface area contributed by atoms with Gasteiger partial charge in [0.2, 0.25) is 5.91 Å². The van der Waals surface area contributed by atoms with Gasteiger partial charge < -0.3 is 5.32 Å². The quantitative estimate of drug-likeness (QED) is 0.816.